The number of aliphatic hydroxyl groups is 1. The minimum atomic E-state index is -4.18. The minimum absolute atomic E-state index is 0.0437. The SMILES string of the molecule is CC[C@]1(COP(=O)(N[C@@H](C)C(=O)OC2CCCCC2)N[C@@H](C)C(=O)OC2CCCCC2)O[C@@H](n2ccc(N)nc2=O)C[C@@H]1O. The van der Waals surface area contributed by atoms with Crippen molar-refractivity contribution in [1.82, 2.24) is 19.7 Å². The monoisotopic (exact) mass is 641 g/mol. The van der Waals surface area contributed by atoms with Gasteiger partial charge in [-0.2, -0.15) is 4.98 Å². The molecular weight excluding hydrogens is 593 g/mol. The van der Waals surface area contributed by atoms with Crippen LogP contribution in [0.25, 0.3) is 0 Å². The highest BCUT2D eigenvalue weighted by Gasteiger charge is 2.50. The Morgan fingerprint density at radius 1 is 1.07 bits per heavy atom. The highest BCUT2D eigenvalue weighted by molar-refractivity contribution is 7.54. The van der Waals surface area contributed by atoms with E-state index in [1.165, 1.54) is 30.7 Å². The van der Waals surface area contributed by atoms with Crippen LogP contribution in [0.4, 0.5) is 5.82 Å². The summed E-state index contributed by atoms with van der Waals surface area (Å²) in [7, 11) is -4.18. The third kappa shape index (κ3) is 8.88. The van der Waals surface area contributed by atoms with Gasteiger partial charge in [0.2, 0.25) is 0 Å². The number of carbonyl (C=O) groups excluding carboxylic acids is 2. The van der Waals surface area contributed by atoms with Crippen molar-refractivity contribution in [2.45, 2.75) is 140 Å². The summed E-state index contributed by atoms with van der Waals surface area (Å²) in [5, 5.41) is 16.5. The number of rotatable bonds is 13. The largest absolute Gasteiger partial charge is 0.461 e. The molecule has 0 aromatic carbocycles. The zero-order valence-electron chi connectivity index (χ0n) is 25.9. The Morgan fingerprint density at radius 2 is 1.59 bits per heavy atom. The number of nitrogens with one attached hydrogen (secondary N) is 2. The van der Waals surface area contributed by atoms with Gasteiger partial charge in [-0.25, -0.2) is 15.0 Å². The Labute approximate surface area is 258 Å². The number of ether oxygens (including phenoxy) is 3. The van der Waals surface area contributed by atoms with E-state index in [4.69, 9.17) is 24.5 Å². The molecule has 2 saturated carbocycles. The second kappa shape index (κ2) is 15.3. The van der Waals surface area contributed by atoms with Crippen molar-refractivity contribution in [2.75, 3.05) is 12.3 Å². The topological polar surface area (TPSA) is 193 Å². The molecule has 0 bridgehead atoms. The van der Waals surface area contributed by atoms with E-state index >= 15 is 0 Å². The highest BCUT2D eigenvalue weighted by Crippen LogP contribution is 2.45. The third-order valence-electron chi connectivity index (χ3n) is 8.76. The van der Waals surface area contributed by atoms with Gasteiger partial charge in [0.15, 0.2) is 0 Å². The summed E-state index contributed by atoms with van der Waals surface area (Å²) in [4.78, 5) is 42.1. The van der Waals surface area contributed by atoms with E-state index in [9.17, 15) is 24.1 Å². The zero-order valence-corrected chi connectivity index (χ0v) is 26.8. The van der Waals surface area contributed by atoms with Gasteiger partial charge in [0.05, 0.1) is 12.7 Å². The fourth-order valence-corrected chi connectivity index (χ4v) is 7.85. The van der Waals surface area contributed by atoms with Crippen LogP contribution in [0.3, 0.4) is 0 Å². The molecule has 1 saturated heterocycles. The number of nitrogens with two attached hydrogens (primary N) is 1. The van der Waals surface area contributed by atoms with Gasteiger partial charge < -0.3 is 29.6 Å². The van der Waals surface area contributed by atoms with Crippen molar-refractivity contribution in [3.8, 4) is 0 Å². The summed E-state index contributed by atoms with van der Waals surface area (Å²) < 4.78 is 39.0. The molecule has 1 aromatic rings. The van der Waals surface area contributed by atoms with Crippen molar-refractivity contribution in [3.63, 3.8) is 0 Å². The fraction of sp³-hybridized carbons (Fsp3) is 0.793. The van der Waals surface area contributed by atoms with Gasteiger partial charge in [-0.3, -0.25) is 18.7 Å². The lowest BCUT2D eigenvalue weighted by Gasteiger charge is -2.34. The Kier molecular flexibility index (Phi) is 12.0. The first kappa shape index (κ1) is 34.5. The molecule has 5 atom stereocenters. The molecule has 0 unspecified atom stereocenters. The molecule has 248 valence electrons. The Balaban J connectivity index is 1.48. The molecular formula is C29H48N5O9P. The first-order valence-electron chi connectivity index (χ1n) is 15.9. The van der Waals surface area contributed by atoms with Gasteiger partial charge in [0, 0.05) is 12.6 Å². The number of hydrogen-bond donors (Lipinski definition) is 4. The highest BCUT2D eigenvalue weighted by atomic mass is 31.2. The predicted molar refractivity (Wildman–Crippen MR) is 161 cm³/mol. The van der Waals surface area contributed by atoms with E-state index in [-0.39, 0.29) is 37.5 Å². The summed E-state index contributed by atoms with van der Waals surface area (Å²) in [6, 6.07) is -0.643. The standard InChI is InChI=1S/C29H48N5O9P/c1-4-29(23(35)17-25(43-29)34-16-15-24(30)31-28(34)38)18-40-44(39,32-19(2)26(36)41-21-11-7-5-8-12-21)33-20(3)27(37)42-22-13-9-6-10-14-22/h15-16,19-23,25,35H,4-14,17-18H2,1-3H3,(H2,30,31,38)(H2,32,33,39)/t19-,20-,23-,25+,29+/m0/s1. The number of esters is 2. The maximum absolute atomic E-state index is 14.3. The molecule has 15 heteroatoms. The van der Waals surface area contributed by atoms with E-state index in [1.54, 1.807) is 6.92 Å². The Morgan fingerprint density at radius 3 is 2.07 bits per heavy atom. The van der Waals surface area contributed by atoms with E-state index in [1.807, 2.05) is 0 Å². The maximum Gasteiger partial charge on any atom is 0.351 e. The van der Waals surface area contributed by atoms with Crippen LogP contribution in [0.1, 0.15) is 104 Å². The first-order chi connectivity index (χ1) is 20.9. The first-order valence-corrected chi connectivity index (χ1v) is 17.5. The maximum atomic E-state index is 14.3. The van der Waals surface area contributed by atoms with Crippen LogP contribution in [-0.2, 0) is 32.9 Å². The van der Waals surface area contributed by atoms with Gasteiger partial charge in [-0.15, -0.1) is 0 Å². The molecule has 3 fully saturated rings. The average Bonchev–Trinajstić information content (AvgIpc) is 3.33. The van der Waals surface area contributed by atoms with Gasteiger partial charge in [-0.05, 0) is 77.7 Å². The van der Waals surface area contributed by atoms with Crippen molar-refractivity contribution >= 4 is 25.4 Å². The van der Waals surface area contributed by atoms with Crippen LogP contribution in [-0.4, -0.2) is 69.2 Å². The van der Waals surface area contributed by atoms with E-state index in [2.05, 4.69) is 15.2 Å². The van der Waals surface area contributed by atoms with Crippen LogP contribution < -0.4 is 21.6 Å². The molecule has 0 radical (unpaired) electrons. The average molecular weight is 642 g/mol. The zero-order chi connectivity index (χ0) is 31.9. The van der Waals surface area contributed by atoms with Gasteiger partial charge >= 0.3 is 25.3 Å². The molecule has 1 aliphatic heterocycles. The van der Waals surface area contributed by atoms with Crippen molar-refractivity contribution in [1.29, 1.82) is 0 Å². The lowest BCUT2D eigenvalue weighted by Crippen LogP contribution is -2.47. The van der Waals surface area contributed by atoms with Crippen LogP contribution in [0.5, 0.6) is 0 Å². The molecule has 44 heavy (non-hydrogen) atoms. The molecule has 0 spiro atoms. The molecule has 0 amide bonds. The Bertz CT molecular complexity index is 1190. The number of aromatic nitrogens is 2. The molecule has 1 aromatic heterocycles. The van der Waals surface area contributed by atoms with Crippen LogP contribution in [0, 0.1) is 0 Å². The van der Waals surface area contributed by atoms with Crippen molar-refractivity contribution < 1.29 is 38.0 Å². The van der Waals surface area contributed by atoms with E-state index in [0.717, 1.165) is 64.2 Å². The summed E-state index contributed by atoms with van der Waals surface area (Å²) >= 11 is 0. The minimum Gasteiger partial charge on any atom is -0.461 e. The molecule has 4 rings (SSSR count). The van der Waals surface area contributed by atoms with Crippen molar-refractivity contribution in [3.05, 3.63) is 22.7 Å². The number of nitrogens with zero attached hydrogens (tertiary/aromatic N) is 2. The second-order valence-corrected chi connectivity index (χ2v) is 14.1. The summed E-state index contributed by atoms with van der Waals surface area (Å²) in [5.74, 6) is -1.12. The molecule has 2 aliphatic carbocycles. The van der Waals surface area contributed by atoms with Crippen LogP contribution in [0.15, 0.2) is 17.1 Å². The summed E-state index contributed by atoms with van der Waals surface area (Å²) in [6.45, 7) is 4.41. The quantitative estimate of drug-likeness (QED) is 0.182. The van der Waals surface area contributed by atoms with Crippen LogP contribution in [0.2, 0.25) is 0 Å². The van der Waals surface area contributed by atoms with E-state index < -0.39 is 55.3 Å². The van der Waals surface area contributed by atoms with Gasteiger partial charge in [-0.1, -0.05) is 19.8 Å². The number of nitrogen functional groups attached to an aromatic ring is 1. The molecule has 14 nitrogen and oxygen atoms in total. The smallest absolute Gasteiger partial charge is 0.351 e. The summed E-state index contributed by atoms with van der Waals surface area (Å²) in [5.41, 5.74) is 3.61. The lowest BCUT2D eigenvalue weighted by atomic mass is 9.95. The Hall–Kier alpha value is -2.35. The number of anilines is 1. The number of hydrogen-bond acceptors (Lipinski definition) is 11. The molecule has 2 heterocycles. The third-order valence-corrected chi connectivity index (χ3v) is 10.7. The molecule has 3 aliphatic rings. The fourth-order valence-electron chi connectivity index (χ4n) is 6.00. The normalized spacial score (nSPS) is 26.6. The van der Waals surface area contributed by atoms with E-state index in [0.29, 0.717) is 0 Å². The lowest BCUT2D eigenvalue weighted by molar-refractivity contribution is -0.152. The van der Waals surface area contributed by atoms with Gasteiger partial charge in [0.25, 0.3) is 0 Å². The van der Waals surface area contributed by atoms with Crippen LogP contribution >= 0.6 is 7.67 Å². The number of aliphatic hydroxyl groups excluding tert-OH is 1. The second-order valence-electron chi connectivity index (χ2n) is 12.2. The molecule has 5 N–H and O–H groups in total. The van der Waals surface area contributed by atoms with Gasteiger partial charge in [0.1, 0.15) is 41.9 Å². The predicted octanol–water partition coefficient (Wildman–Crippen LogP) is 3.09. The summed E-state index contributed by atoms with van der Waals surface area (Å²) in [6.07, 6.45) is 8.54. The number of carbonyl (C=O) groups is 2. The van der Waals surface area contributed by atoms with Crippen molar-refractivity contribution in [2.24, 2.45) is 0 Å².